The van der Waals surface area contributed by atoms with Crippen molar-refractivity contribution in [1.29, 1.82) is 0 Å². The fourth-order valence-electron chi connectivity index (χ4n) is 2.84. The van der Waals surface area contributed by atoms with Gasteiger partial charge in [0.25, 0.3) is 0 Å². The van der Waals surface area contributed by atoms with Gasteiger partial charge in [0.15, 0.2) is 0 Å². The lowest BCUT2D eigenvalue weighted by Crippen LogP contribution is -2.25. The number of aryl methyl sites for hydroxylation is 1. The van der Waals surface area contributed by atoms with Crippen molar-refractivity contribution >= 4 is 11.7 Å². The van der Waals surface area contributed by atoms with Gasteiger partial charge >= 0.3 is 0 Å². The lowest BCUT2D eigenvalue weighted by atomic mass is 10.1. The zero-order valence-corrected chi connectivity index (χ0v) is 13.4. The maximum absolute atomic E-state index is 11.0. The summed E-state index contributed by atoms with van der Waals surface area (Å²) in [5.74, 6) is 1.61. The first-order valence-electron chi connectivity index (χ1n) is 7.75. The van der Waals surface area contributed by atoms with Crippen LogP contribution in [0.15, 0.2) is 24.7 Å². The van der Waals surface area contributed by atoms with Gasteiger partial charge in [-0.25, -0.2) is 9.97 Å². The number of carbonyl (C=O) groups is 1. The molecule has 0 saturated carbocycles. The van der Waals surface area contributed by atoms with Crippen molar-refractivity contribution in [2.75, 3.05) is 11.4 Å². The van der Waals surface area contributed by atoms with Gasteiger partial charge in [0.2, 0.25) is 5.91 Å². The van der Waals surface area contributed by atoms with Crippen LogP contribution in [0.2, 0.25) is 0 Å². The highest BCUT2D eigenvalue weighted by molar-refractivity contribution is 5.72. The van der Waals surface area contributed by atoms with Crippen LogP contribution in [0.1, 0.15) is 43.0 Å². The molecule has 3 heterocycles. The van der Waals surface area contributed by atoms with Gasteiger partial charge < -0.3 is 10.2 Å². The van der Waals surface area contributed by atoms with Crippen LogP contribution in [-0.4, -0.2) is 32.4 Å². The van der Waals surface area contributed by atoms with E-state index in [0.717, 1.165) is 42.4 Å². The van der Waals surface area contributed by atoms with Gasteiger partial charge in [0.1, 0.15) is 11.6 Å². The maximum atomic E-state index is 11.0. The van der Waals surface area contributed by atoms with Gasteiger partial charge in [-0.1, -0.05) is 0 Å². The lowest BCUT2D eigenvalue weighted by Gasteiger charge is -2.25. The summed E-state index contributed by atoms with van der Waals surface area (Å²) in [6.07, 6.45) is 7.38. The topological polar surface area (TPSA) is 83.9 Å². The summed E-state index contributed by atoms with van der Waals surface area (Å²) in [6.45, 7) is 4.73. The molecule has 0 radical (unpaired) electrons. The molecule has 1 amide bonds. The molecule has 0 bridgehead atoms. The van der Waals surface area contributed by atoms with E-state index in [2.05, 4.69) is 30.2 Å². The number of rotatable bonds is 4. The third kappa shape index (κ3) is 3.61. The molecule has 7 heteroatoms. The number of hydrogen-bond acceptors (Lipinski definition) is 6. The second-order valence-corrected chi connectivity index (χ2v) is 5.66. The molecular weight excluding hydrogens is 292 g/mol. The maximum Gasteiger partial charge on any atom is 0.217 e. The zero-order valence-electron chi connectivity index (χ0n) is 13.4. The summed E-state index contributed by atoms with van der Waals surface area (Å²) >= 11 is 0. The summed E-state index contributed by atoms with van der Waals surface area (Å²) in [6, 6.07) is 2.09. The quantitative estimate of drug-likeness (QED) is 0.922. The third-order valence-electron chi connectivity index (χ3n) is 3.87. The Balaban J connectivity index is 1.82. The number of amides is 1. The predicted octanol–water partition coefficient (Wildman–Crippen LogP) is 1.55. The van der Waals surface area contributed by atoms with Gasteiger partial charge in [-0.2, -0.15) is 0 Å². The Morgan fingerprint density at radius 3 is 3.04 bits per heavy atom. The van der Waals surface area contributed by atoms with Gasteiger partial charge in [0, 0.05) is 19.7 Å². The van der Waals surface area contributed by atoms with E-state index >= 15 is 0 Å². The molecule has 2 aromatic rings. The van der Waals surface area contributed by atoms with E-state index < -0.39 is 0 Å². The molecule has 7 nitrogen and oxygen atoms in total. The van der Waals surface area contributed by atoms with Crippen LogP contribution in [0.3, 0.4) is 0 Å². The van der Waals surface area contributed by atoms with Crippen molar-refractivity contribution in [3.63, 3.8) is 0 Å². The predicted molar refractivity (Wildman–Crippen MR) is 85.6 cm³/mol. The average molecular weight is 312 g/mol. The Morgan fingerprint density at radius 1 is 1.39 bits per heavy atom. The van der Waals surface area contributed by atoms with E-state index in [0.29, 0.717) is 6.54 Å². The number of hydrogen-bond donors (Lipinski definition) is 1. The molecule has 0 spiro atoms. The third-order valence-corrected chi connectivity index (χ3v) is 3.87. The van der Waals surface area contributed by atoms with Crippen LogP contribution in [0, 0.1) is 6.92 Å². The molecule has 1 atom stereocenters. The first-order chi connectivity index (χ1) is 11.1. The molecule has 0 aromatic carbocycles. The van der Waals surface area contributed by atoms with Crippen molar-refractivity contribution < 1.29 is 4.79 Å². The Hall–Kier alpha value is -2.57. The highest BCUT2D eigenvalue weighted by Gasteiger charge is 2.28. The number of aromatic nitrogens is 4. The summed E-state index contributed by atoms with van der Waals surface area (Å²) in [5, 5.41) is 2.75. The van der Waals surface area contributed by atoms with E-state index in [4.69, 9.17) is 0 Å². The fraction of sp³-hybridized carbons (Fsp3) is 0.438. The largest absolute Gasteiger partial charge is 0.351 e. The number of nitrogens with one attached hydrogen (secondary N) is 1. The van der Waals surface area contributed by atoms with Crippen LogP contribution < -0.4 is 10.2 Å². The highest BCUT2D eigenvalue weighted by Crippen LogP contribution is 2.33. The Labute approximate surface area is 135 Å². The molecule has 1 fully saturated rings. The van der Waals surface area contributed by atoms with Crippen molar-refractivity contribution in [3.8, 4) is 0 Å². The van der Waals surface area contributed by atoms with Crippen LogP contribution >= 0.6 is 0 Å². The van der Waals surface area contributed by atoms with E-state index in [-0.39, 0.29) is 11.9 Å². The van der Waals surface area contributed by atoms with Crippen LogP contribution in [0.4, 0.5) is 5.82 Å². The SMILES string of the molecule is CC(=O)NCc1cncc([C@@H]2CCCN2c2ccnc(C)n2)n1. The number of carbonyl (C=O) groups excluding carboxylic acids is 1. The van der Waals surface area contributed by atoms with Crippen molar-refractivity contribution in [1.82, 2.24) is 25.3 Å². The summed E-state index contributed by atoms with van der Waals surface area (Å²) in [5.41, 5.74) is 1.69. The molecule has 1 aliphatic heterocycles. The molecule has 23 heavy (non-hydrogen) atoms. The number of nitrogens with zero attached hydrogens (tertiary/aromatic N) is 5. The normalized spacial score (nSPS) is 17.3. The molecule has 0 unspecified atom stereocenters. The van der Waals surface area contributed by atoms with Gasteiger partial charge in [-0.3, -0.25) is 14.8 Å². The molecule has 120 valence electrons. The summed E-state index contributed by atoms with van der Waals surface area (Å²) in [7, 11) is 0. The second-order valence-electron chi connectivity index (χ2n) is 5.66. The first-order valence-corrected chi connectivity index (χ1v) is 7.75. The smallest absolute Gasteiger partial charge is 0.217 e. The first kappa shape index (κ1) is 15.3. The van der Waals surface area contributed by atoms with E-state index in [1.165, 1.54) is 6.92 Å². The zero-order chi connectivity index (χ0) is 16.2. The molecule has 1 saturated heterocycles. The number of anilines is 1. The summed E-state index contributed by atoms with van der Waals surface area (Å²) in [4.78, 5) is 30.9. The average Bonchev–Trinajstić information content (AvgIpc) is 3.03. The Bertz CT molecular complexity index is 704. The van der Waals surface area contributed by atoms with Gasteiger partial charge in [-0.15, -0.1) is 0 Å². The standard InChI is InChI=1S/C16H20N6O/c1-11-18-6-5-16(20-11)22-7-3-4-15(22)14-10-17-8-13(21-14)9-19-12(2)23/h5-6,8,10,15H,3-4,7,9H2,1-2H3,(H,19,23)/t15-/m0/s1. The Kier molecular flexibility index (Phi) is 4.45. The molecule has 0 aliphatic carbocycles. The van der Waals surface area contributed by atoms with Crippen LogP contribution in [0.5, 0.6) is 0 Å². The van der Waals surface area contributed by atoms with E-state index in [9.17, 15) is 4.79 Å². The van der Waals surface area contributed by atoms with Gasteiger partial charge in [0.05, 0.1) is 36.4 Å². The second kappa shape index (κ2) is 6.68. The van der Waals surface area contributed by atoms with Gasteiger partial charge in [-0.05, 0) is 25.8 Å². The van der Waals surface area contributed by atoms with Crippen molar-refractivity contribution in [2.45, 2.75) is 39.3 Å². The van der Waals surface area contributed by atoms with Crippen molar-refractivity contribution in [2.24, 2.45) is 0 Å². The summed E-state index contributed by atoms with van der Waals surface area (Å²) < 4.78 is 0. The highest BCUT2D eigenvalue weighted by atomic mass is 16.1. The molecule has 3 rings (SSSR count). The fourth-order valence-corrected chi connectivity index (χ4v) is 2.84. The van der Waals surface area contributed by atoms with Crippen molar-refractivity contribution in [3.05, 3.63) is 41.9 Å². The van der Waals surface area contributed by atoms with E-state index in [1.54, 1.807) is 18.6 Å². The van der Waals surface area contributed by atoms with Crippen LogP contribution in [-0.2, 0) is 11.3 Å². The molecule has 2 aromatic heterocycles. The van der Waals surface area contributed by atoms with Crippen LogP contribution in [0.25, 0.3) is 0 Å². The minimum atomic E-state index is -0.0730. The minimum Gasteiger partial charge on any atom is -0.351 e. The Morgan fingerprint density at radius 2 is 2.26 bits per heavy atom. The lowest BCUT2D eigenvalue weighted by molar-refractivity contribution is -0.119. The van der Waals surface area contributed by atoms with E-state index in [1.807, 2.05) is 13.0 Å². The molecule has 1 N–H and O–H groups in total. The molecule has 1 aliphatic rings. The minimum absolute atomic E-state index is 0.0730. The molecular formula is C16H20N6O. The monoisotopic (exact) mass is 312 g/mol.